The van der Waals surface area contributed by atoms with Crippen LogP contribution in [0.1, 0.15) is 82.9 Å². The Bertz CT molecular complexity index is 766. The Kier molecular flexibility index (Phi) is 7.66. The van der Waals surface area contributed by atoms with Crippen molar-refractivity contribution in [3.8, 4) is 0 Å². The van der Waals surface area contributed by atoms with Crippen LogP contribution < -0.4 is 10.2 Å². The molecule has 0 saturated carbocycles. The molecule has 0 bridgehead atoms. The van der Waals surface area contributed by atoms with E-state index >= 15 is 0 Å². The van der Waals surface area contributed by atoms with E-state index < -0.39 is 5.41 Å². The number of fused-ring (bicyclic) bond motifs is 1. The lowest BCUT2D eigenvalue weighted by Gasteiger charge is -2.26. The first-order valence-corrected chi connectivity index (χ1v) is 11.0. The Balaban J connectivity index is 2.34. The predicted octanol–water partition coefficient (Wildman–Crippen LogP) is 5.92. The topological polar surface area (TPSA) is 75.5 Å². The lowest BCUT2D eigenvalue weighted by molar-refractivity contribution is -0.386. The molecule has 0 aliphatic carbocycles. The molecule has 6 nitrogen and oxygen atoms in total. The van der Waals surface area contributed by atoms with Crippen molar-refractivity contribution in [2.24, 2.45) is 5.41 Å². The van der Waals surface area contributed by atoms with Crippen LogP contribution in [-0.2, 0) is 11.2 Å². The Hall–Kier alpha value is -2.11. The molecule has 1 aliphatic heterocycles. The summed E-state index contributed by atoms with van der Waals surface area (Å²) >= 11 is 0. The summed E-state index contributed by atoms with van der Waals surface area (Å²) in [5, 5.41) is 14.8. The highest BCUT2D eigenvalue weighted by Gasteiger charge is 2.34. The summed E-state index contributed by atoms with van der Waals surface area (Å²) in [5.41, 5.74) is 3.49. The second kappa shape index (κ2) is 9.59. The van der Waals surface area contributed by atoms with E-state index in [4.69, 9.17) is 0 Å². The van der Waals surface area contributed by atoms with E-state index in [0.717, 1.165) is 42.7 Å². The van der Waals surface area contributed by atoms with Gasteiger partial charge in [-0.25, -0.2) is 0 Å². The maximum atomic E-state index is 12.7. The molecule has 1 aliphatic rings. The molecule has 0 radical (unpaired) electrons. The highest BCUT2D eigenvalue weighted by atomic mass is 16.6. The van der Waals surface area contributed by atoms with Crippen molar-refractivity contribution in [3.63, 3.8) is 0 Å². The zero-order valence-electron chi connectivity index (χ0n) is 19.0. The molecule has 2 rings (SSSR count). The molecule has 162 valence electrons. The molecule has 1 amide bonds. The van der Waals surface area contributed by atoms with E-state index in [1.807, 2.05) is 27.7 Å². The van der Waals surface area contributed by atoms with Crippen LogP contribution in [0.5, 0.6) is 0 Å². The highest BCUT2D eigenvalue weighted by molar-refractivity contribution is 6.00. The second-order valence-corrected chi connectivity index (χ2v) is 9.27. The third kappa shape index (κ3) is 5.28. The first-order chi connectivity index (χ1) is 13.6. The number of unbranched alkanes of at least 4 members (excludes halogenated alkanes) is 5. The number of amides is 1. The number of rotatable bonds is 9. The van der Waals surface area contributed by atoms with Crippen LogP contribution in [0.3, 0.4) is 0 Å². The van der Waals surface area contributed by atoms with Crippen LogP contribution in [0.15, 0.2) is 0 Å². The summed E-state index contributed by atoms with van der Waals surface area (Å²) < 4.78 is 0. The van der Waals surface area contributed by atoms with Gasteiger partial charge in [-0.1, -0.05) is 59.8 Å². The van der Waals surface area contributed by atoms with Crippen LogP contribution in [0.4, 0.5) is 17.1 Å². The van der Waals surface area contributed by atoms with Gasteiger partial charge >= 0.3 is 0 Å². The number of carbonyl (C=O) groups is 1. The maximum absolute atomic E-state index is 12.7. The number of nitro groups is 1. The quantitative estimate of drug-likeness (QED) is 0.315. The predicted molar refractivity (Wildman–Crippen MR) is 120 cm³/mol. The number of anilines is 2. The van der Waals surface area contributed by atoms with Crippen molar-refractivity contribution in [1.82, 2.24) is 0 Å². The molecule has 0 spiro atoms. The van der Waals surface area contributed by atoms with Gasteiger partial charge in [-0.05, 0) is 32.3 Å². The van der Waals surface area contributed by atoms with Gasteiger partial charge in [-0.3, -0.25) is 14.9 Å². The van der Waals surface area contributed by atoms with Crippen molar-refractivity contribution in [3.05, 3.63) is 26.8 Å². The summed E-state index contributed by atoms with van der Waals surface area (Å²) in [5.74, 6) is -0.118. The standard InChI is InChI=1S/C23H37N3O3/c1-7-8-9-10-11-12-14-25-15-13-18-16(2)20(26(28)29)17(3)19(21(18)25)24-22(27)23(4,5)6/h7-15H2,1-6H3,(H,24,27). The van der Waals surface area contributed by atoms with Crippen LogP contribution in [0, 0.1) is 29.4 Å². The Morgan fingerprint density at radius 2 is 1.72 bits per heavy atom. The van der Waals surface area contributed by atoms with Crippen molar-refractivity contribution in [2.45, 2.75) is 86.5 Å². The SMILES string of the molecule is CCCCCCCCN1CCc2c(C)c([N+](=O)[O-])c(C)c(NC(=O)C(C)(C)C)c21. The fourth-order valence-corrected chi connectivity index (χ4v) is 4.10. The molecule has 0 saturated heterocycles. The van der Waals surface area contributed by atoms with Gasteiger partial charge in [0, 0.05) is 24.1 Å². The van der Waals surface area contributed by atoms with Gasteiger partial charge in [0.15, 0.2) is 0 Å². The molecule has 0 aromatic heterocycles. The lowest BCUT2D eigenvalue weighted by Crippen LogP contribution is -2.30. The third-order valence-corrected chi connectivity index (χ3v) is 5.89. The Labute approximate surface area is 175 Å². The van der Waals surface area contributed by atoms with Crippen molar-refractivity contribution in [2.75, 3.05) is 23.3 Å². The van der Waals surface area contributed by atoms with Gasteiger partial charge in [-0.2, -0.15) is 0 Å². The highest BCUT2D eigenvalue weighted by Crippen LogP contribution is 2.45. The summed E-state index contributed by atoms with van der Waals surface area (Å²) in [7, 11) is 0. The van der Waals surface area contributed by atoms with E-state index in [1.54, 1.807) is 6.92 Å². The zero-order chi connectivity index (χ0) is 21.8. The minimum Gasteiger partial charge on any atom is -0.369 e. The Morgan fingerprint density at radius 3 is 2.31 bits per heavy atom. The number of benzene rings is 1. The average Bonchev–Trinajstić information content (AvgIpc) is 3.04. The number of carbonyl (C=O) groups excluding carboxylic acids is 1. The first-order valence-electron chi connectivity index (χ1n) is 11.0. The van der Waals surface area contributed by atoms with Gasteiger partial charge in [0.1, 0.15) is 0 Å². The van der Waals surface area contributed by atoms with Gasteiger partial charge in [0.05, 0.1) is 21.9 Å². The largest absolute Gasteiger partial charge is 0.369 e. The van der Waals surface area contributed by atoms with E-state index in [-0.39, 0.29) is 16.5 Å². The monoisotopic (exact) mass is 403 g/mol. The van der Waals surface area contributed by atoms with Gasteiger partial charge in [-0.15, -0.1) is 0 Å². The molecular formula is C23H37N3O3. The van der Waals surface area contributed by atoms with Crippen molar-refractivity contribution < 1.29 is 9.72 Å². The van der Waals surface area contributed by atoms with Crippen molar-refractivity contribution >= 4 is 23.0 Å². The normalized spacial score (nSPS) is 13.5. The molecule has 0 fully saturated rings. The summed E-state index contributed by atoms with van der Waals surface area (Å²) in [6.07, 6.45) is 8.15. The van der Waals surface area contributed by atoms with E-state index in [9.17, 15) is 14.9 Å². The number of nitro benzene ring substituents is 1. The Morgan fingerprint density at radius 1 is 1.10 bits per heavy atom. The summed E-state index contributed by atoms with van der Waals surface area (Å²) in [6.45, 7) is 13.2. The fraction of sp³-hybridized carbons (Fsp3) is 0.696. The zero-order valence-corrected chi connectivity index (χ0v) is 19.0. The van der Waals surface area contributed by atoms with Crippen LogP contribution in [-0.4, -0.2) is 23.9 Å². The number of nitrogens with one attached hydrogen (secondary N) is 1. The third-order valence-electron chi connectivity index (χ3n) is 5.89. The average molecular weight is 404 g/mol. The summed E-state index contributed by atoms with van der Waals surface area (Å²) in [4.78, 5) is 26.5. The minimum absolute atomic E-state index is 0.118. The molecule has 0 atom stereocenters. The molecule has 1 heterocycles. The van der Waals surface area contributed by atoms with Crippen LogP contribution >= 0.6 is 0 Å². The number of hydrogen-bond acceptors (Lipinski definition) is 4. The molecule has 29 heavy (non-hydrogen) atoms. The van der Waals surface area contributed by atoms with E-state index in [0.29, 0.717) is 11.3 Å². The van der Waals surface area contributed by atoms with Gasteiger partial charge < -0.3 is 10.2 Å². The van der Waals surface area contributed by atoms with Crippen LogP contribution in [0.25, 0.3) is 0 Å². The maximum Gasteiger partial charge on any atom is 0.277 e. The molecule has 1 aromatic carbocycles. The number of hydrogen-bond donors (Lipinski definition) is 1. The minimum atomic E-state index is -0.568. The fourth-order valence-electron chi connectivity index (χ4n) is 4.10. The lowest BCUT2D eigenvalue weighted by atomic mass is 9.93. The first kappa shape index (κ1) is 23.2. The molecule has 6 heteroatoms. The molecule has 1 N–H and O–H groups in total. The molecular weight excluding hydrogens is 366 g/mol. The molecule has 1 aromatic rings. The smallest absolute Gasteiger partial charge is 0.277 e. The van der Waals surface area contributed by atoms with Crippen LogP contribution in [0.2, 0.25) is 0 Å². The second-order valence-electron chi connectivity index (χ2n) is 9.27. The number of nitrogens with zero attached hydrogens (tertiary/aromatic N) is 2. The van der Waals surface area contributed by atoms with E-state index in [2.05, 4.69) is 17.1 Å². The van der Waals surface area contributed by atoms with Gasteiger partial charge in [0.25, 0.3) is 5.69 Å². The van der Waals surface area contributed by atoms with Crippen molar-refractivity contribution in [1.29, 1.82) is 0 Å². The summed E-state index contributed by atoms with van der Waals surface area (Å²) in [6, 6.07) is 0. The van der Waals surface area contributed by atoms with Gasteiger partial charge in [0.2, 0.25) is 5.91 Å². The molecule has 0 unspecified atom stereocenters. The van der Waals surface area contributed by atoms with E-state index in [1.165, 1.54) is 32.1 Å².